The maximum absolute atomic E-state index is 12.2. The van der Waals surface area contributed by atoms with Crippen molar-refractivity contribution < 1.29 is 14.0 Å². The zero-order chi connectivity index (χ0) is 15.6. The van der Waals surface area contributed by atoms with Gasteiger partial charge in [0.25, 0.3) is 5.91 Å². The monoisotopic (exact) mass is 357 g/mol. The zero-order valence-corrected chi connectivity index (χ0v) is 14.1. The predicted molar refractivity (Wildman–Crippen MR) is 82.2 cm³/mol. The molecule has 0 aliphatic carbocycles. The SMILES string of the molecule is CC(C)(C)NC(=O)N1CCN(C(=O)c2ccc(Br)o2)CC1. The Kier molecular flexibility index (Phi) is 4.61. The summed E-state index contributed by atoms with van der Waals surface area (Å²) in [6.07, 6.45) is 0. The summed E-state index contributed by atoms with van der Waals surface area (Å²) in [5.74, 6) is 0.172. The molecule has 2 heterocycles. The molecule has 3 amide bonds. The first-order valence-electron chi connectivity index (χ1n) is 6.88. The van der Waals surface area contributed by atoms with Crippen molar-refractivity contribution in [3.8, 4) is 0 Å². The molecule has 116 valence electrons. The molecule has 7 heteroatoms. The zero-order valence-electron chi connectivity index (χ0n) is 12.5. The third-order valence-electron chi connectivity index (χ3n) is 3.12. The lowest BCUT2D eigenvalue weighted by Gasteiger charge is -2.36. The van der Waals surface area contributed by atoms with Crippen LogP contribution in [-0.4, -0.2) is 53.5 Å². The van der Waals surface area contributed by atoms with E-state index in [1.54, 1.807) is 21.9 Å². The Morgan fingerprint density at radius 1 is 1.14 bits per heavy atom. The van der Waals surface area contributed by atoms with E-state index in [1.165, 1.54) is 0 Å². The van der Waals surface area contributed by atoms with Crippen LogP contribution in [0.3, 0.4) is 0 Å². The summed E-state index contributed by atoms with van der Waals surface area (Å²) < 4.78 is 5.81. The molecule has 1 aliphatic rings. The molecule has 0 spiro atoms. The fourth-order valence-corrected chi connectivity index (χ4v) is 2.40. The summed E-state index contributed by atoms with van der Waals surface area (Å²) in [5, 5.41) is 2.93. The molecule has 0 atom stereocenters. The summed E-state index contributed by atoms with van der Waals surface area (Å²) in [4.78, 5) is 27.7. The summed E-state index contributed by atoms with van der Waals surface area (Å²) in [5.41, 5.74) is -0.259. The second-order valence-electron chi connectivity index (χ2n) is 6.06. The van der Waals surface area contributed by atoms with Crippen LogP contribution >= 0.6 is 15.9 Å². The van der Waals surface area contributed by atoms with E-state index in [0.717, 1.165) is 0 Å². The van der Waals surface area contributed by atoms with Gasteiger partial charge in [0.2, 0.25) is 0 Å². The normalized spacial score (nSPS) is 16.0. The molecule has 0 saturated carbocycles. The first kappa shape index (κ1) is 15.9. The minimum atomic E-state index is -0.259. The molecule has 0 radical (unpaired) electrons. The molecule has 1 N–H and O–H groups in total. The first-order valence-corrected chi connectivity index (χ1v) is 7.67. The number of carbonyl (C=O) groups is 2. The van der Waals surface area contributed by atoms with Gasteiger partial charge in [0.05, 0.1) is 0 Å². The van der Waals surface area contributed by atoms with Crippen LogP contribution in [0, 0.1) is 0 Å². The lowest BCUT2D eigenvalue weighted by Crippen LogP contribution is -2.55. The Hall–Kier alpha value is -1.50. The number of carbonyl (C=O) groups excluding carboxylic acids is 2. The summed E-state index contributed by atoms with van der Waals surface area (Å²) in [6, 6.07) is 3.25. The van der Waals surface area contributed by atoms with Crippen LogP contribution in [0.1, 0.15) is 31.3 Å². The van der Waals surface area contributed by atoms with Gasteiger partial charge in [0.1, 0.15) is 0 Å². The third-order valence-corrected chi connectivity index (χ3v) is 3.55. The number of amides is 3. The summed E-state index contributed by atoms with van der Waals surface area (Å²) in [7, 11) is 0. The Labute approximate surface area is 132 Å². The molecule has 2 rings (SSSR count). The van der Waals surface area contributed by atoms with Crippen LogP contribution in [0.15, 0.2) is 21.2 Å². The van der Waals surface area contributed by atoms with Crippen molar-refractivity contribution in [3.63, 3.8) is 0 Å². The Bertz CT molecular complexity index is 528. The van der Waals surface area contributed by atoms with Crippen molar-refractivity contribution in [2.75, 3.05) is 26.2 Å². The Morgan fingerprint density at radius 2 is 1.71 bits per heavy atom. The van der Waals surface area contributed by atoms with Gasteiger partial charge in [-0.2, -0.15) is 0 Å². The largest absolute Gasteiger partial charge is 0.444 e. The van der Waals surface area contributed by atoms with E-state index < -0.39 is 0 Å². The number of nitrogens with one attached hydrogen (secondary N) is 1. The van der Waals surface area contributed by atoms with Gasteiger partial charge >= 0.3 is 6.03 Å². The highest BCUT2D eigenvalue weighted by molar-refractivity contribution is 9.10. The number of nitrogens with zero attached hydrogens (tertiary/aromatic N) is 2. The topological polar surface area (TPSA) is 65.8 Å². The van der Waals surface area contributed by atoms with Gasteiger partial charge in [0.15, 0.2) is 10.4 Å². The fraction of sp³-hybridized carbons (Fsp3) is 0.571. The highest BCUT2D eigenvalue weighted by Gasteiger charge is 2.27. The van der Waals surface area contributed by atoms with Gasteiger partial charge in [-0.3, -0.25) is 4.79 Å². The number of hydrogen-bond donors (Lipinski definition) is 1. The van der Waals surface area contributed by atoms with Crippen molar-refractivity contribution in [1.82, 2.24) is 15.1 Å². The van der Waals surface area contributed by atoms with E-state index in [-0.39, 0.29) is 17.5 Å². The van der Waals surface area contributed by atoms with Crippen molar-refractivity contribution in [3.05, 3.63) is 22.6 Å². The summed E-state index contributed by atoms with van der Waals surface area (Å²) >= 11 is 3.18. The number of piperazine rings is 1. The average Bonchev–Trinajstić information content (AvgIpc) is 2.83. The molecule has 0 bridgehead atoms. The van der Waals surface area contributed by atoms with Gasteiger partial charge in [-0.15, -0.1) is 0 Å². The number of urea groups is 1. The van der Waals surface area contributed by atoms with E-state index in [9.17, 15) is 9.59 Å². The van der Waals surface area contributed by atoms with Gasteiger partial charge < -0.3 is 19.5 Å². The van der Waals surface area contributed by atoms with Crippen LogP contribution in [0.2, 0.25) is 0 Å². The van der Waals surface area contributed by atoms with Gasteiger partial charge in [-0.05, 0) is 48.8 Å². The number of halogens is 1. The lowest BCUT2D eigenvalue weighted by atomic mass is 10.1. The molecular formula is C14H20BrN3O3. The van der Waals surface area contributed by atoms with Crippen LogP contribution in [0.5, 0.6) is 0 Å². The molecule has 1 fully saturated rings. The van der Waals surface area contributed by atoms with E-state index in [2.05, 4.69) is 21.2 Å². The minimum absolute atomic E-state index is 0.0876. The van der Waals surface area contributed by atoms with E-state index in [1.807, 2.05) is 20.8 Å². The van der Waals surface area contributed by atoms with Gasteiger partial charge in [-0.1, -0.05) is 0 Å². The molecule has 0 unspecified atom stereocenters. The molecule has 1 aliphatic heterocycles. The Morgan fingerprint density at radius 3 is 2.19 bits per heavy atom. The van der Waals surface area contributed by atoms with Crippen LogP contribution in [-0.2, 0) is 0 Å². The van der Waals surface area contributed by atoms with Crippen LogP contribution in [0.4, 0.5) is 4.79 Å². The lowest BCUT2D eigenvalue weighted by molar-refractivity contribution is 0.0629. The quantitative estimate of drug-likeness (QED) is 0.838. The minimum Gasteiger partial charge on any atom is -0.444 e. The van der Waals surface area contributed by atoms with Crippen molar-refractivity contribution in [2.24, 2.45) is 0 Å². The molecule has 1 aromatic rings. The van der Waals surface area contributed by atoms with Gasteiger partial charge in [-0.25, -0.2) is 4.79 Å². The van der Waals surface area contributed by atoms with Crippen LogP contribution in [0.25, 0.3) is 0 Å². The van der Waals surface area contributed by atoms with E-state index in [0.29, 0.717) is 36.6 Å². The number of rotatable bonds is 1. The first-order chi connectivity index (χ1) is 9.76. The molecular weight excluding hydrogens is 338 g/mol. The van der Waals surface area contributed by atoms with Crippen molar-refractivity contribution in [2.45, 2.75) is 26.3 Å². The van der Waals surface area contributed by atoms with Crippen LogP contribution < -0.4 is 5.32 Å². The Balaban J connectivity index is 1.88. The smallest absolute Gasteiger partial charge is 0.317 e. The second kappa shape index (κ2) is 6.09. The number of furan rings is 1. The van der Waals surface area contributed by atoms with Crippen molar-refractivity contribution >= 4 is 27.9 Å². The molecule has 0 aromatic carbocycles. The number of hydrogen-bond acceptors (Lipinski definition) is 3. The predicted octanol–water partition coefficient (Wildman–Crippen LogP) is 2.31. The molecule has 1 saturated heterocycles. The average molecular weight is 358 g/mol. The second-order valence-corrected chi connectivity index (χ2v) is 6.84. The maximum Gasteiger partial charge on any atom is 0.317 e. The molecule has 21 heavy (non-hydrogen) atoms. The third kappa shape index (κ3) is 4.23. The molecule has 6 nitrogen and oxygen atoms in total. The standard InChI is InChI=1S/C14H20BrN3O3/c1-14(2,3)16-13(20)18-8-6-17(7-9-18)12(19)10-4-5-11(15)21-10/h4-5H,6-9H2,1-3H3,(H,16,20). The molecule has 1 aromatic heterocycles. The fourth-order valence-electron chi connectivity index (χ4n) is 2.10. The van der Waals surface area contributed by atoms with Gasteiger partial charge in [0, 0.05) is 31.7 Å². The maximum atomic E-state index is 12.2. The highest BCUT2D eigenvalue weighted by Crippen LogP contribution is 2.16. The summed E-state index contributed by atoms with van der Waals surface area (Å²) in [6.45, 7) is 7.90. The highest BCUT2D eigenvalue weighted by atomic mass is 79.9. The van der Waals surface area contributed by atoms with E-state index >= 15 is 0 Å². The van der Waals surface area contributed by atoms with E-state index in [4.69, 9.17) is 4.42 Å². The van der Waals surface area contributed by atoms with Crippen molar-refractivity contribution in [1.29, 1.82) is 0 Å².